The first-order chi connectivity index (χ1) is 13.3. The monoisotopic (exact) mass is 386 g/mol. The van der Waals surface area contributed by atoms with E-state index in [0.29, 0.717) is 11.5 Å². The minimum atomic E-state index is -4.50. The molecule has 0 aliphatic heterocycles. The molecule has 2 N–H and O–H groups in total. The molecular formula is C20H17F3N4O. The van der Waals surface area contributed by atoms with Crippen LogP contribution in [-0.2, 0) is 6.18 Å². The molecule has 0 radical (unpaired) electrons. The van der Waals surface area contributed by atoms with Gasteiger partial charge in [0.15, 0.2) is 0 Å². The van der Waals surface area contributed by atoms with Crippen molar-refractivity contribution in [3.05, 3.63) is 83.8 Å². The standard InChI is InChI=1S/C20H17F3N4O/c1-13(26-18-12-24-8-9-25-18)14-4-3-7-17(11-14)27-19(28)15-5-2-6-16(10-15)20(21,22)23/h2-13H,1H3,(H,25,26)(H,27,28)/t13-/m0/s1. The first-order valence-electron chi connectivity index (χ1n) is 8.44. The van der Waals surface area contributed by atoms with Crippen LogP contribution >= 0.6 is 0 Å². The predicted octanol–water partition coefficient (Wildman–Crippen LogP) is 4.92. The number of alkyl halides is 3. The van der Waals surface area contributed by atoms with Gasteiger partial charge < -0.3 is 10.6 Å². The lowest BCUT2D eigenvalue weighted by Gasteiger charge is -2.16. The molecule has 0 aliphatic rings. The Kier molecular flexibility index (Phi) is 5.58. The van der Waals surface area contributed by atoms with Crippen LogP contribution in [0.4, 0.5) is 24.7 Å². The Morgan fingerprint density at radius 3 is 2.57 bits per heavy atom. The van der Waals surface area contributed by atoms with Crippen molar-refractivity contribution in [1.29, 1.82) is 0 Å². The summed E-state index contributed by atoms with van der Waals surface area (Å²) in [6.07, 6.45) is 0.230. The smallest absolute Gasteiger partial charge is 0.362 e. The number of amides is 1. The average molecular weight is 386 g/mol. The largest absolute Gasteiger partial charge is 0.416 e. The maximum absolute atomic E-state index is 12.8. The molecule has 8 heteroatoms. The van der Waals surface area contributed by atoms with Gasteiger partial charge >= 0.3 is 6.18 Å². The quantitative estimate of drug-likeness (QED) is 0.653. The summed E-state index contributed by atoms with van der Waals surface area (Å²) < 4.78 is 38.5. The highest BCUT2D eigenvalue weighted by atomic mass is 19.4. The van der Waals surface area contributed by atoms with E-state index in [1.54, 1.807) is 36.8 Å². The molecule has 1 aromatic heterocycles. The highest BCUT2D eigenvalue weighted by Gasteiger charge is 2.30. The number of carbonyl (C=O) groups is 1. The van der Waals surface area contributed by atoms with Gasteiger partial charge in [-0.05, 0) is 42.8 Å². The van der Waals surface area contributed by atoms with E-state index in [-0.39, 0.29) is 11.6 Å². The van der Waals surface area contributed by atoms with Gasteiger partial charge in [-0.15, -0.1) is 0 Å². The molecule has 3 aromatic rings. The van der Waals surface area contributed by atoms with Gasteiger partial charge in [-0.3, -0.25) is 9.78 Å². The lowest BCUT2D eigenvalue weighted by atomic mass is 10.1. The summed E-state index contributed by atoms with van der Waals surface area (Å²) in [5.41, 5.74) is 0.418. The SMILES string of the molecule is C[C@H](Nc1cnccn1)c1cccc(NC(=O)c2cccc(C(F)(F)F)c2)c1. The Hall–Kier alpha value is -3.42. The van der Waals surface area contributed by atoms with E-state index in [2.05, 4.69) is 20.6 Å². The van der Waals surface area contributed by atoms with Crippen LogP contribution in [-0.4, -0.2) is 15.9 Å². The summed E-state index contributed by atoms with van der Waals surface area (Å²) in [6.45, 7) is 1.92. The maximum atomic E-state index is 12.8. The third kappa shape index (κ3) is 4.85. The number of carbonyl (C=O) groups excluding carboxylic acids is 1. The van der Waals surface area contributed by atoms with Gasteiger partial charge in [0.1, 0.15) is 5.82 Å². The van der Waals surface area contributed by atoms with Crippen molar-refractivity contribution in [2.45, 2.75) is 19.1 Å². The lowest BCUT2D eigenvalue weighted by molar-refractivity contribution is -0.137. The Morgan fingerprint density at radius 1 is 1.07 bits per heavy atom. The van der Waals surface area contributed by atoms with Crippen molar-refractivity contribution in [1.82, 2.24) is 9.97 Å². The fourth-order valence-corrected chi connectivity index (χ4v) is 2.60. The summed E-state index contributed by atoms with van der Waals surface area (Å²) >= 11 is 0. The van der Waals surface area contributed by atoms with Gasteiger partial charge in [-0.2, -0.15) is 13.2 Å². The Bertz CT molecular complexity index is 961. The number of rotatable bonds is 5. The van der Waals surface area contributed by atoms with E-state index in [4.69, 9.17) is 0 Å². The molecule has 28 heavy (non-hydrogen) atoms. The van der Waals surface area contributed by atoms with Gasteiger partial charge in [0.2, 0.25) is 0 Å². The van der Waals surface area contributed by atoms with Crippen LogP contribution in [0, 0.1) is 0 Å². The molecule has 2 aromatic carbocycles. The zero-order valence-electron chi connectivity index (χ0n) is 14.9. The van der Waals surface area contributed by atoms with Crippen molar-refractivity contribution in [3.63, 3.8) is 0 Å². The maximum Gasteiger partial charge on any atom is 0.416 e. The molecule has 3 rings (SSSR count). The summed E-state index contributed by atoms with van der Waals surface area (Å²) in [5.74, 6) is -0.00816. The van der Waals surface area contributed by atoms with Crippen molar-refractivity contribution >= 4 is 17.4 Å². The highest BCUT2D eigenvalue weighted by molar-refractivity contribution is 6.04. The Balaban J connectivity index is 1.73. The Labute approximate surface area is 159 Å². The second kappa shape index (κ2) is 8.08. The molecule has 0 saturated carbocycles. The molecule has 1 atom stereocenters. The van der Waals surface area contributed by atoms with E-state index >= 15 is 0 Å². The van der Waals surface area contributed by atoms with E-state index in [1.165, 1.54) is 12.1 Å². The molecule has 0 aliphatic carbocycles. The number of nitrogens with one attached hydrogen (secondary N) is 2. The molecule has 1 amide bonds. The molecule has 0 unspecified atom stereocenters. The second-order valence-electron chi connectivity index (χ2n) is 6.11. The van der Waals surface area contributed by atoms with Crippen LogP contribution in [0.1, 0.15) is 34.5 Å². The Morgan fingerprint density at radius 2 is 1.86 bits per heavy atom. The van der Waals surface area contributed by atoms with Gasteiger partial charge in [0.05, 0.1) is 17.8 Å². The number of nitrogens with zero attached hydrogens (tertiary/aromatic N) is 2. The molecule has 0 bridgehead atoms. The van der Waals surface area contributed by atoms with Crippen molar-refractivity contribution < 1.29 is 18.0 Å². The molecule has 1 heterocycles. The van der Waals surface area contributed by atoms with Crippen LogP contribution in [0.5, 0.6) is 0 Å². The van der Waals surface area contributed by atoms with Crippen molar-refractivity contribution in [2.24, 2.45) is 0 Å². The summed E-state index contributed by atoms with van der Waals surface area (Å²) in [5, 5.41) is 5.82. The minimum absolute atomic E-state index is 0.0639. The number of hydrogen-bond acceptors (Lipinski definition) is 4. The number of aromatic nitrogens is 2. The number of halogens is 3. The summed E-state index contributed by atoms with van der Waals surface area (Å²) in [7, 11) is 0. The van der Waals surface area contributed by atoms with Gasteiger partial charge in [-0.25, -0.2) is 4.98 Å². The molecular weight excluding hydrogens is 369 g/mol. The topological polar surface area (TPSA) is 66.9 Å². The van der Waals surface area contributed by atoms with Crippen LogP contribution in [0.25, 0.3) is 0 Å². The molecule has 0 spiro atoms. The fraction of sp³-hybridized carbons (Fsp3) is 0.150. The van der Waals surface area contributed by atoms with Crippen LogP contribution in [0.15, 0.2) is 67.1 Å². The molecule has 0 fully saturated rings. The van der Waals surface area contributed by atoms with Gasteiger partial charge in [-0.1, -0.05) is 18.2 Å². The van der Waals surface area contributed by atoms with E-state index < -0.39 is 17.6 Å². The number of anilines is 2. The van der Waals surface area contributed by atoms with E-state index in [1.807, 2.05) is 13.0 Å². The van der Waals surface area contributed by atoms with Crippen molar-refractivity contribution in [3.8, 4) is 0 Å². The second-order valence-corrected chi connectivity index (χ2v) is 6.11. The lowest BCUT2D eigenvalue weighted by Crippen LogP contribution is -2.14. The predicted molar refractivity (Wildman–Crippen MR) is 99.9 cm³/mol. The minimum Gasteiger partial charge on any atom is -0.362 e. The molecule has 5 nitrogen and oxygen atoms in total. The summed E-state index contributed by atoms with van der Waals surface area (Å²) in [6, 6.07) is 11.2. The van der Waals surface area contributed by atoms with Crippen LogP contribution in [0.2, 0.25) is 0 Å². The molecule has 0 saturated heterocycles. The third-order valence-electron chi connectivity index (χ3n) is 4.02. The van der Waals surface area contributed by atoms with E-state index in [0.717, 1.165) is 17.7 Å². The number of benzene rings is 2. The third-order valence-corrected chi connectivity index (χ3v) is 4.02. The average Bonchev–Trinajstić information content (AvgIpc) is 2.68. The first-order valence-corrected chi connectivity index (χ1v) is 8.44. The fourth-order valence-electron chi connectivity index (χ4n) is 2.60. The van der Waals surface area contributed by atoms with Crippen LogP contribution in [0.3, 0.4) is 0 Å². The highest BCUT2D eigenvalue weighted by Crippen LogP contribution is 2.29. The van der Waals surface area contributed by atoms with Gasteiger partial charge in [0, 0.05) is 23.6 Å². The normalized spacial score (nSPS) is 12.3. The first kappa shape index (κ1) is 19.3. The van der Waals surface area contributed by atoms with Gasteiger partial charge in [0.25, 0.3) is 5.91 Å². The van der Waals surface area contributed by atoms with E-state index in [9.17, 15) is 18.0 Å². The zero-order chi connectivity index (χ0) is 20.1. The summed E-state index contributed by atoms with van der Waals surface area (Å²) in [4.78, 5) is 20.5. The zero-order valence-corrected chi connectivity index (χ0v) is 14.9. The van der Waals surface area contributed by atoms with Crippen LogP contribution < -0.4 is 10.6 Å². The molecule has 144 valence electrons. The number of hydrogen-bond donors (Lipinski definition) is 2. The van der Waals surface area contributed by atoms with Crippen molar-refractivity contribution in [2.75, 3.05) is 10.6 Å².